The van der Waals surface area contributed by atoms with Crippen molar-refractivity contribution in [3.63, 3.8) is 0 Å². The first kappa shape index (κ1) is 15.8. The van der Waals surface area contributed by atoms with Gasteiger partial charge in [0.25, 0.3) is 0 Å². The number of rotatable bonds is 6. The van der Waals surface area contributed by atoms with E-state index >= 15 is 0 Å². The number of unbranched alkanes of at least 4 members (excludes halogenated alkanes) is 1. The van der Waals surface area contributed by atoms with Crippen LogP contribution in [0.25, 0.3) is 0 Å². The van der Waals surface area contributed by atoms with Gasteiger partial charge < -0.3 is 0 Å². The second kappa shape index (κ2) is 6.79. The number of nitrogens with zero attached hydrogens (tertiary/aromatic N) is 2. The zero-order chi connectivity index (χ0) is 14.4. The van der Waals surface area contributed by atoms with E-state index in [0.29, 0.717) is 6.54 Å². The standard InChI is InChI=1S/C15H24N2O2/c1-14(2)7-6-9-15(3,13(14)17-12-19)8-4-5-10-16-11-18/h13H,4-10H2,1-3H3. The third-order valence-corrected chi connectivity index (χ3v) is 4.48. The fourth-order valence-corrected chi connectivity index (χ4v) is 3.57. The van der Waals surface area contributed by atoms with Gasteiger partial charge in [0.2, 0.25) is 12.2 Å². The molecule has 0 radical (unpaired) electrons. The predicted octanol–water partition coefficient (Wildman–Crippen LogP) is 3.41. The molecule has 1 aliphatic carbocycles. The van der Waals surface area contributed by atoms with Crippen LogP contribution in [0.4, 0.5) is 0 Å². The normalized spacial score (nSPS) is 29.1. The average molecular weight is 264 g/mol. The first-order valence-electron chi connectivity index (χ1n) is 7.07. The van der Waals surface area contributed by atoms with Crippen LogP contribution in [0.2, 0.25) is 0 Å². The van der Waals surface area contributed by atoms with Crippen molar-refractivity contribution in [2.45, 2.75) is 65.3 Å². The van der Waals surface area contributed by atoms with E-state index in [9.17, 15) is 9.59 Å². The van der Waals surface area contributed by atoms with E-state index in [4.69, 9.17) is 0 Å². The lowest BCUT2D eigenvalue weighted by atomic mass is 9.59. The molecule has 106 valence electrons. The lowest BCUT2D eigenvalue weighted by Gasteiger charge is -2.48. The monoisotopic (exact) mass is 264 g/mol. The smallest absolute Gasteiger partial charge is 0.211 e. The van der Waals surface area contributed by atoms with Crippen molar-refractivity contribution in [3.05, 3.63) is 0 Å². The molecule has 0 bridgehead atoms. The van der Waals surface area contributed by atoms with Crippen LogP contribution in [0.15, 0.2) is 9.98 Å². The van der Waals surface area contributed by atoms with E-state index in [1.54, 1.807) is 12.2 Å². The Kier molecular flexibility index (Phi) is 5.65. The minimum absolute atomic E-state index is 0.0424. The fraction of sp³-hybridized carbons (Fsp3) is 0.867. The van der Waals surface area contributed by atoms with Gasteiger partial charge in [-0.3, -0.25) is 0 Å². The number of isocyanates is 2. The van der Waals surface area contributed by atoms with Crippen molar-refractivity contribution in [2.75, 3.05) is 6.54 Å². The van der Waals surface area contributed by atoms with Crippen LogP contribution < -0.4 is 0 Å². The Labute approximate surface area is 115 Å². The minimum atomic E-state index is 0.0424. The Hall–Kier alpha value is -1.24. The molecule has 0 aliphatic heterocycles. The molecule has 4 nitrogen and oxygen atoms in total. The third kappa shape index (κ3) is 4.12. The molecule has 0 saturated heterocycles. The molecule has 0 amide bonds. The van der Waals surface area contributed by atoms with Crippen molar-refractivity contribution in [1.82, 2.24) is 0 Å². The van der Waals surface area contributed by atoms with Gasteiger partial charge in [-0.15, -0.1) is 0 Å². The molecule has 0 aromatic carbocycles. The van der Waals surface area contributed by atoms with Crippen molar-refractivity contribution in [3.8, 4) is 0 Å². The van der Waals surface area contributed by atoms with E-state index in [1.807, 2.05) is 0 Å². The maximum Gasteiger partial charge on any atom is 0.235 e. The van der Waals surface area contributed by atoms with E-state index in [1.165, 1.54) is 6.42 Å². The summed E-state index contributed by atoms with van der Waals surface area (Å²) in [6.07, 6.45) is 9.62. The Morgan fingerprint density at radius 1 is 1.11 bits per heavy atom. The lowest BCUT2D eigenvalue weighted by molar-refractivity contribution is 0.0545. The molecule has 1 rings (SSSR count). The maximum absolute atomic E-state index is 10.7. The van der Waals surface area contributed by atoms with Gasteiger partial charge in [0.15, 0.2) is 0 Å². The van der Waals surface area contributed by atoms with Gasteiger partial charge >= 0.3 is 0 Å². The van der Waals surface area contributed by atoms with E-state index < -0.39 is 0 Å². The first-order valence-corrected chi connectivity index (χ1v) is 7.07. The number of hydrogen-bond donors (Lipinski definition) is 0. The van der Waals surface area contributed by atoms with Crippen LogP contribution in [0.5, 0.6) is 0 Å². The SMILES string of the molecule is CC1(C)CCCC(C)(CCCCN=C=O)C1N=C=O. The van der Waals surface area contributed by atoms with Gasteiger partial charge in [-0.25, -0.2) is 19.6 Å². The van der Waals surface area contributed by atoms with Gasteiger partial charge in [0, 0.05) is 0 Å². The van der Waals surface area contributed by atoms with E-state index in [2.05, 4.69) is 30.8 Å². The number of hydrogen-bond acceptors (Lipinski definition) is 4. The van der Waals surface area contributed by atoms with Crippen molar-refractivity contribution in [2.24, 2.45) is 20.8 Å². The Morgan fingerprint density at radius 3 is 2.47 bits per heavy atom. The molecule has 4 heteroatoms. The largest absolute Gasteiger partial charge is 0.235 e. The highest BCUT2D eigenvalue weighted by Gasteiger charge is 2.46. The summed E-state index contributed by atoms with van der Waals surface area (Å²) in [5, 5.41) is 0. The first-order chi connectivity index (χ1) is 8.96. The van der Waals surface area contributed by atoms with E-state index in [-0.39, 0.29) is 16.9 Å². The number of carbonyl (C=O) groups excluding carboxylic acids is 2. The summed E-state index contributed by atoms with van der Waals surface area (Å²) in [5.74, 6) is 0. The number of aliphatic imine (C=N–C) groups is 2. The van der Waals surface area contributed by atoms with Gasteiger partial charge in [0.05, 0.1) is 12.6 Å². The van der Waals surface area contributed by atoms with Crippen LogP contribution in [0.3, 0.4) is 0 Å². The summed E-state index contributed by atoms with van der Waals surface area (Å²) in [5.41, 5.74) is 0.120. The summed E-state index contributed by atoms with van der Waals surface area (Å²) >= 11 is 0. The summed E-state index contributed by atoms with van der Waals surface area (Å²) in [6.45, 7) is 7.15. The molecule has 1 saturated carbocycles. The predicted molar refractivity (Wildman–Crippen MR) is 74.5 cm³/mol. The average Bonchev–Trinajstić information content (AvgIpc) is 2.34. The zero-order valence-electron chi connectivity index (χ0n) is 12.2. The molecule has 1 aliphatic rings. The van der Waals surface area contributed by atoms with Gasteiger partial charge in [-0.05, 0) is 36.5 Å². The minimum Gasteiger partial charge on any atom is -0.211 e. The summed E-state index contributed by atoms with van der Waals surface area (Å²) in [6, 6.07) is 0.0424. The molecule has 2 unspecified atom stereocenters. The van der Waals surface area contributed by atoms with Crippen LogP contribution in [-0.4, -0.2) is 24.7 Å². The third-order valence-electron chi connectivity index (χ3n) is 4.48. The summed E-state index contributed by atoms with van der Waals surface area (Å²) in [4.78, 5) is 28.4. The second-order valence-corrected chi connectivity index (χ2v) is 6.55. The van der Waals surface area contributed by atoms with Crippen LogP contribution in [-0.2, 0) is 9.59 Å². The summed E-state index contributed by atoms with van der Waals surface area (Å²) in [7, 11) is 0. The molecular weight excluding hydrogens is 240 g/mol. The topological polar surface area (TPSA) is 58.9 Å². The Morgan fingerprint density at radius 2 is 1.84 bits per heavy atom. The highest BCUT2D eigenvalue weighted by molar-refractivity contribution is 5.34. The maximum atomic E-state index is 10.7. The molecule has 0 aromatic rings. The van der Waals surface area contributed by atoms with Crippen molar-refractivity contribution in [1.29, 1.82) is 0 Å². The molecule has 0 aromatic heterocycles. The quantitative estimate of drug-likeness (QED) is 0.419. The highest BCUT2D eigenvalue weighted by atomic mass is 16.1. The van der Waals surface area contributed by atoms with Gasteiger partial charge in [0.1, 0.15) is 0 Å². The fourth-order valence-electron chi connectivity index (χ4n) is 3.57. The molecule has 2 atom stereocenters. The molecule has 1 fully saturated rings. The van der Waals surface area contributed by atoms with Gasteiger partial charge in [-0.2, -0.15) is 0 Å². The van der Waals surface area contributed by atoms with Crippen LogP contribution in [0.1, 0.15) is 59.3 Å². The Balaban J connectivity index is 2.69. The zero-order valence-corrected chi connectivity index (χ0v) is 12.2. The molecule has 19 heavy (non-hydrogen) atoms. The Bertz CT molecular complexity index is 393. The molecular formula is C15H24N2O2. The van der Waals surface area contributed by atoms with Crippen molar-refractivity contribution < 1.29 is 9.59 Å². The highest BCUT2D eigenvalue weighted by Crippen LogP contribution is 2.50. The van der Waals surface area contributed by atoms with Gasteiger partial charge in [-0.1, -0.05) is 33.6 Å². The molecule has 0 heterocycles. The van der Waals surface area contributed by atoms with Crippen LogP contribution >= 0.6 is 0 Å². The molecule has 0 N–H and O–H groups in total. The van der Waals surface area contributed by atoms with Crippen molar-refractivity contribution >= 4 is 12.2 Å². The van der Waals surface area contributed by atoms with E-state index in [0.717, 1.165) is 32.1 Å². The molecule has 0 spiro atoms. The lowest BCUT2D eigenvalue weighted by Crippen LogP contribution is -2.45. The summed E-state index contributed by atoms with van der Waals surface area (Å²) < 4.78 is 0. The van der Waals surface area contributed by atoms with Crippen LogP contribution in [0, 0.1) is 10.8 Å². The second-order valence-electron chi connectivity index (χ2n) is 6.55.